The lowest BCUT2D eigenvalue weighted by atomic mass is 9.89. The van der Waals surface area contributed by atoms with Crippen molar-refractivity contribution in [1.29, 1.82) is 0 Å². The van der Waals surface area contributed by atoms with E-state index in [1.807, 2.05) is 27.7 Å². The minimum absolute atomic E-state index is 0.990. The fraction of sp³-hybridized carbons (Fsp3) is 1.00. The van der Waals surface area contributed by atoms with E-state index in [1.54, 1.807) is 0 Å². The smallest absolute Gasteiger partial charge is 0.00235 e. The van der Waals surface area contributed by atoms with Crippen LogP contribution >= 0.6 is 0 Å². The standard InChI is InChI=1S/C8H17N.2C2H6/c1-9-7-8-5-3-2-4-6-8;2*1-2/h8-9H,2-7H2,1H3;2*1-2H3. The highest BCUT2D eigenvalue weighted by atomic mass is 14.8. The van der Waals surface area contributed by atoms with Crippen LogP contribution < -0.4 is 5.32 Å². The molecule has 1 N–H and O–H groups in total. The molecular weight excluding hydrogens is 158 g/mol. The van der Waals surface area contributed by atoms with Crippen molar-refractivity contribution in [2.24, 2.45) is 5.92 Å². The van der Waals surface area contributed by atoms with Gasteiger partial charge in [-0.1, -0.05) is 47.0 Å². The number of hydrogen-bond donors (Lipinski definition) is 1. The number of hydrogen-bond acceptors (Lipinski definition) is 1. The molecule has 0 aromatic rings. The largest absolute Gasteiger partial charge is 0.319 e. The van der Waals surface area contributed by atoms with Crippen molar-refractivity contribution in [3.05, 3.63) is 0 Å². The first-order chi connectivity index (χ1) is 6.43. The van der Waals surface area contributed by atoms with E-state index >= 15 is 0 Å². The van der Waals surface area contributed by atoms with Gasteiger partial charge in [0, 0.05) is 0 Å². The lowest BCUT2D eigenvalue weighted by molar-refractivity contribution is 0.350. The van der Waals surface area contributed by atoms with Gasteiger partial charge >= 0.3 is 0 Å². The first-order valence-corrected chi connectivity index (χ1v) is 6.08. The molecule has 0 aromatic heterocycles. The molecule has 0 heterocycles. The molecular formula is C12H29N. The summed E-state index contributed by atoms with van der Waals surface area (Å²) in [5, 5.41) is 3.24. The van der Waals surface area contributed by atoms with E-state index in [0.717, 1.165) is 5.92 Å². The Morgan fingerprint density at radius 2 is 1.38 bits per heavy atom. The second-order valence-electron chi connectivity index (χ2n) is 3.06. The molecule has 0 radical (unpaired) electrons. The molecule has 0 spiro atoms. The maximum absolute atomic E-state index is 3.24. The summed E-state index contributed by atoms with van der Waals surface area (Å²) in [6, 6.07) is 0. The summed E-state index contributed by atoms with van der Waals surface area (Å²) in [5.41, 5.74) is 0. The second kappa shape index (κ2) is 14.5. The highest BCUT2D eigenvalue weighted by Crippen LogP contribution is 2.22. The maximum Gasteiger partial charge on any atom is -0.00235 e. The molecule has 1 aliphatic carbocycles. The minimum Gasteiger partial charge on any atom is -0.319 e. The van der Waals surface area contributed by atoms with Gasteiger partial charge in [0.2, 0.25) is 0 Å². The van der Waals surface area contributed by atoms with Crippen molar-refractivity contribution < 1.29 is 0 Å². The number of nitrogens with one attached hydrogen (secondary N) is 1. The monoisotopic (exact) mass is 187 g/mol. The van der Waals surface area contributed by atoms with Crippen LogP contribution in [-0.4, -0.2) is 13.6 Å². The zero-order valence-corrected chi connectivity index (χ0v) is 10.3. The van der Waals surface area contributed by atoms with Crippen molar-refractivity contribution in [3.63, 3.8) is 0 Å². The second-order valence-corrected chi connectivity index (χ2v) is 3.06. The van der Waals surface area contributed by atoms with Crippen LogP contribution in [0.5, 0.6) is 0 Å². The third-order valence-electron chi connectivity index (χ3n) is 2.22. The maximum atomic E-state index is 3.24. The van der Waals surface area contributed by atoms with Crippen molar-refractivity contribution in [3.8, 4) is 0 Å². The minimum atomic E-state index is 0.990. The highest BCUT2D eigenvalue weighted by Gasteiger charge is 2.11. The molecule has 0 aliphatic heterocycles. The Bertz CT molecular complexity index is 62.8. The lowest BCUT2D eigenvalue weighted by Crippen LogP contribution is -2.20. The van der Waals surface area contributed by atoms with Crippen LogP contribution in [0.1, 0.15) is 59.8 Å². The van der Waals surface area contributed by atoms with Crippen molar-refractivity contribution >= 4 is 0 Å². The Morgan fingerprint density at radius 1 is 0.923 bits per heavy atom. The van der Waals surface area contributed by atoms with Crippen LogP contribution in [0.2, 0.25) is 0 Å². The van der Waals surface area contributed by atoms with Gasteiger partial charge in [-0.25, -0.2) is 0 Å². The van der Waals surface area contributed by atoms with Crippen molar-refractivity contribution in [2.75, 3.05) is 13.6 Å². The average Bonchev–Trinajstić information content (AvgIpc) is 2.26. The molecule has 1 fully saturated rings. The summed E-state index contributed by atoms with van der Waals surface area (Å²) in [5.74, 6) is 0.990. The van der Waals surface area contributed by atoms with Gasteiger partial charge in [-0.05, 0) is 32.4 Å². The van der Waals surface area contributed by atoms with Gasteiger partial charge in [0.1, 0.15) is 0 Å². The zero-order valence-electron chi connectivity index (χ0n) is 10.3. The van der Waals surface area contributed by atoms with Gasteiger partial charge in [0.25, 0.3) is 0 Å². The lowest BCUT2D eigenvalue weighted by Gasteiger charge is -2.20. The molecule has 0 amide bonds. The molecule has 1 heteroatoms. The molecule has 0 unspecified atom stereocenters. The Morgan fingerprint density at radius 3 is 1.77 bits per heavy atom. The van der Waals surface area contributed by atoms with Gasteiger partial charge in [0.05, 0.1) is 0 Å². The van der Waals surface area contributed by atoms with E-state index in [4.69, 9.17) is 0 Å². The van der Waals surface area contributed by atoms with Crippen LogP contribution in [0.3, 0.4) is 0 Å². The summed E-state index contributed by atoms with van der Waals surface area (Å²) < 4.78 is 0. The topological polar surface area (TPSA) is 12.0 Å². The molecule has 0 atom stereocenters. The Hall–Kier alpha value is -0.0400. The Balaban J connectivity index is 0. The molecule has 1 rings (SSSR count). The van der Waals surface area contributed by atoms with Crippen LogP contribution in [0.4, 0.5) is 0 Å². The quantitative estimate of drug-likeness (QED) is 0.692. The van der Waals surface area contributed by atoms with E-state index < -0.39 is 0 Å². The summed E-state index contributed by atoms with van der Waals surface area (Å²) in [4.78, 5) is 0. The van der Waals surface area contributed by atoms with E-state index in [9.17, 15) is 0 Å². The first kappa shape index (κ1) is 15.4. The fourth-order valence-corrected chi connectivity index (χ4v) is 1.68. The van der Waals surface area contributed by atoms with Crippen LogP contribution in [-0.2, 0) is 0 Å². The zero-order chi connectivity index (χ0) is 10.5. The molecule has 0 bridgehead atoms. The highest BCUT2D eigenvalue weighted by molar-refractivity contribution is 4.66. The summed E-state index contributed by atoms with van der Waals surface area (Å²) in [6.07, 6.45) is 7.32. The van der Waals surface area contributed by atoms with Crippen molar-refractivity contribution in [2.45, 2.75) is 59.8 Å². The summed E-state index contributed by atoms with van der Waals surface area (Å²) in [6.45, 7) is 9.24. The molecule has 0 aromatic carbocycles. The van der Waals surface area contributed by atoms with Gasteiger partial charge < -0.3 is 5.32 Å². The predicted octanol–water partition coefficient (Wildman–Crippen LogP) is 3.84. The molecule has 1 saturated carbocycles. The summed E-state index contributed by atoms with van der Waals surface area (Å²) >= 11 is 0. The molecule has 82 valence electrons. The third kappa shape index (κ3) is 9.88. The van der Waals surface area contributed by atoms with Gasteiger partial charge in [-0.3, -0.25) is 0 Å². The van der Waals surface area contributed by atoms with Gasteiger partial charge in [-0.2, -0.15) is 0 Å². The third-order valence-corrected chi connectivity index (χ3v) is 2.22. The SMILES string of the molecule is CC.CC.CNCC1CCCCC1. The predicted molar refractivity (Wildman–Crippen MR) is 63.2 cm³/mol. The normalized spacial score (nSPS) is 16.4. The van der Waals surface area contributed by atoms with E-state index in [0.29, 0.717) is 0 Å². The van der Waals surface area contributed by atoms with Gasteiger partial charge in [-0.15, -0.1) is 0 Å². The number of rotatable bonds is 2. The summed E-state index contributed by atoms with van der Waals surface area (Å²) in [7, 11) is 2.05. The van der Waals surface area contributed by atoms with E-state index in [1.165, 1.54) is 38.6 Å². The van der Waals surface area contributed by atoms with E-state index in [-0.39, 0.29) is 0 Å². The van der Waals surface area contributed by atoms with Crippen molar-refractivity contribution in [1.82, 2.24) is 5.32 Å². The Labute approximate surface area is 85.3 Å². The average molecular weight is 187 g/mol. The van der Waals surface area contributed by atoms with Crippen LogP contribution in [0.15, 0.2) is 0 Å². The first-order valence-electron chi connectivity index (χ1n) is 6.08. The molecule has 1 aliphatic rings. The van der Waals surface area contributed by atoms with Crippen LogP contribution in [0, 0.1) is 5.92 Å². The van der Waals surface area contributed by atoms with Crippen LogP contribution in [0.25, 0.3) is 0 Å². The molecule has 13 heavy (non-hydrogen) atoms. The Kier molecular flexibility index (Phi) is 17.2. The van der Waals surface area contributed by atoms with E-state index in [2.05, 4.69) is 12.4 Å². The van der Waals surface area contributed by atoms with Gasteiger partial charge in [0.15, 0.2) is 0 Å². The fourth-order valence-electron chi connectivity index (χ4n) is 1.68. The molecule has 0 saturated heterocycles. The molecule has 1 nitrogen and oxygen atoms in total.